The Balaban J connectivity index is 1.60. The van der Waals surface area contributed by atoms with Crippen LogP contribution in [0.1, 0.15) is 34.2 Å². The van der Waals surface area contributed by atoms with Crippen LogP contribution in [0.4, 0.5) is 0 Å². The highest BCUT2D eigenvalue weighted by molar-refractivity contribution is 5.77. The van der Waals surface area contributed by atoms with Crippen LogP contribution in [0, 0.1) is 12.8 Å². The van der Waals surface area contributed by atoms with Crippen molar-refractivity contribution in [2.45, 2.75) is 19.3 Å². The van der Waals surface area contributed by atoms with Gasteiger partial charge in [-0.25, -0.2) is 4.98 Å². The monoisotopic (exact) mass is 299 g/mol. The van der Waals surface area contributed by atoms with Gasteiger partial charge in [0, 0.05) is 23.7 Å². The molecule has 1 saturated carbocycles. The fourth-order valence-corrected chi connectivity index (χ4v) is 2.37. The fourth-order valence-electron chi connectivity index (χ4n) is 2.37. The van der Waals surface area contributed by atoms with Gasteiger partial charge < -0.3 is 9.47 Å². The number of aryl methyl sites for hydroxylation is 1. The number of ether oxygens (including phenoxy) is 2. The predicted molar refractivity (Wildman–Crippen MR) is 79.3 cm³/mol. The molecule has 0 N–H and O–H groups in total. The number of hydrogen-bond donors (Lipinski definition) is 0. The van der Waals surface area contributed by atoms with Crippen LogP contribution in [0.3, 0.4) is 0 Å². The SMILES string of the molecule is COc1ccc([C@H]2C[C@@H]2COc2nc(C)ncc2C=O)nc1. The van der Waals surface area contributed by atoms with Crippen LogP contribution in [0.15, 0.2) is 24.5 Å². The molecule has 114 valence electrons. The lowest BCUT2D eigenvalue weighted by molar-refractivity contribution is 0.111. The summed E-state index contributed by atoms with van der Waals surface area (Å²) >= 11 is 0. The molecule has 0 spiro atoms. The molecule has 0 saturated heterocycles. The van der Waals surface area contributed by atoms with Gasteiger partial charge in [0.15, 0.2) is 6.29 Å². The fraction of sp³-hybridized carbons (Fsp3) is 0.375. The van der Waals surface area contributed by atoms with Crippen molar-refractivity contribution in [3.05, 3.63) is 41.6 Å². The lowest BCUT2D eigenvalue weighted by atomic mass is 10.2. The minimum absolute atomic E-state index is 0.357. The molecule has 1 fully saturated rings. The van der Waals surface area contributed by atoms with Gasteiger partial charge in [-0.15, -0.1) is 0 Å². The lowest BCUT2D eigenvalue weighted by Crippen LogP contribution is -2.06. The van der Waals surface area contributed by atoms with E-state index in [1.807, 2.05) is 12.1 Å². The van der Waals surface area contributed by atoms with E-state index < -0.39 is 0 Å². The molecular weight excluding hydrogens is 282 g/mol. The van der Waals surface area contributed by atoms with Gasteiger partial charge in [0.2, 0.25) is 5.88 Å². The van der Waals surface area contributed by atoms with E-state index in [-0.39, 0.29) is 0 Å². The molecule has 2 atom stereocenters. The lowest BCUT2D eigenvalue weighted by Gasteiger charge is -2.07. The first-order chi connectivity index (χ1) is 10.7. The summed E-state index contributed by atoms with van der Waals surface area (Å²) in [6.45, 7) is 2.29. The molecule has 0 aliphatic heterocycles. The zero-order chi connectivity index (χ0) is 15.5. The number of rotatable bonds is 6. The molecule has 3 rings (SSSR count). The summed E-state index contributed by atoms with van der Waals surface area (Å²) in [6.07, 6.45) is 4.95. The number of carbonyl (C=O) groups excluding carboxylic acids is 1. The Kier molecular flexibility index (Phi) is 4.00. The van der Waals surface area contributed by atoms with Crippen LogP contribution in [-0.2, 0) is 0 Å². The molecule has 6 nitrogen and oxygen atoms in total. The average Bonchev–Trinajstić information content (AvgIpc) is 3.33. The summed E-state index contributed by atoms with van der Waals surface area (Å²) in [6, 6.07) is 3.89. The Morgan fingerprint density at radius 3 is 2.86 bits per heavy atom. The summed E-state index contributed by atoms with van der Waals surface area (Å²) < 4.78 is 10.8. The summed E-state index contributed by atoms with van der Waals surface area (Å²) in [5.74, 6) is 2.49. The van der Waals surface area contributed by atoms with Crippen molar-refractivity contribution in [1.82, 2.24) is 15.0 Å². The minimum atomic E-state index is 0.357. The Hall–Kier alpha value is -2.50. The Morgan fingerprint density at radius 1 is 1.32 bits per heavy atom. The van der Waals surface area contributed by atoms with E-state index in [1.54, 1.807) is 20.2 Å². The number of nitrogens with zero attached hydrogens (tertiary/aromatic N) is 3. The molecule has 6 heteroatoms. The summed E-state index contributed by atoms with van der Waals surface area (Å²) in [7, 11) is 1.62. The molecule has 0 amide bonds. The van der Waals surface area contributed by atoms with Gasteiger partial charge in [0.25, 0.3) is 0 Å². The van der Waals surface area contributed by atoms with Crippen LogP contribution in [0.5, 0.6) is 11.6 Å². The van der Waals surface area contributed by atoms with Gasteiger partial charge >= 0.3 is 0 Å². The molecule has 0 aromatic carbocycles. The molecule has 22 heavy (non-hydrogen) atoms. The van der Waals surface area contributed by atoms with Crippen molar-refractivity contribution < 1.29 is 14.3 Å². The van der Waals surface area contributed by atoms with Crippen LogP contribution >= 0.6 is 0 Å². The standard InChI is InChI=1S/C16H17N3O3/c1-10-17-6-12(8-20)16(19-10)22-9-11-5-14(11)15-4-3-13(21-2)7-18-15/h3-4,6-8,11,14H,5,9H2,1-2H3/t11-,14+/m1/s1. The van der Waals surface area contributed by atoms with E-state index in [0.717, 1.165) is 17.9 Å². The number of aldehydes is 1. The number of hydrogen-bond acceptors (Lipinski definition) is 6. The number of aromatic nitrogens is 3. The largest absolute Gasteiger partial charge is 0.495 e. The molecule has 1 aliphatic rings. The molecule has 2 aromatic rings. The molecule has 0 radical (unpaired) electrons. The third-order valence-corrected chi connectivity index (χ3v) is 3.76. The van der Waals surface area contributed by atoms with Crippen LogP contribution < -0.4 is 9.47 Å². The van der Waals surface area contributed by atoms with Crippen molar-refractivity contribution in [1.29, 1.82) is 0 Å². The van der Waals surface area contributed by atoms with Gasteiger partial charge in [-0.05, 0) is 25.5 Å². The molecule has 2 aromatic heterocycles. The molecule has 1 aliphatic carbocycles. The third kappa shape index (κ3) is 3.05. The van der Waals surface area contributed by atoms with Crippen LogP contribution in [0.25, 0.3) is 0 Å². The maximum absolute atomic E-state index is 11.0. The minimum Gasteiger partial charge on any atom is -0.495 e. The van der Waals surface area contributed by atoms with E-state index >= 15 is 0 Å². The zero-order valence-corrected chi connectivity index (χ0v) is 12.5. The third-order valence-electron chi connectivity index (χ3n) is 3.76. The predicted octanol–water partition coefficient (Wildman–Crippen LogP) is 2.18. The first kappa shape index (κ1) is 14.4. The second-order valence-corrected chi connectivity index (χ2v) is 5.33. The van der Waals surface area contributed by atoms with Crippen molar-refractivity contribution in [3.63, 3.8) is 0 Å². The molecule has 2 heterocycles. The first-order valence-corrected chi connectivity index (χ1v) is 7.13. The normalized spacial score (nSPS) is 19.5. The van der Waals surface area contributed by atoms with Crippen molar-refractivity contribution in [2.24, 2.45) is 5.92 Å². The highest BCUT2D eigenvalue weighted by atomic mass is 16.5. The van der Waals surface area contributed by atoms with Gasteiger partial charge in [-0.3, -0.25) is 9.78 Å². The van der Waals surface area contributed by atoms with E-state index in [0.29, 0.717) is 42.0 Å². The Labute approximate surface area is 128 Å². The maximum Gasteiger partial charge on any atom is 0.227 e. The maximum atomic E-state index is 11.0. The van der Waals surface area contributed by atoms with E-state index in [9.17, 15) is 4.79 Å². The van der Waals surface area contributed by atoms with Gasteiger partial charge in [0.05, 0.1) is 25.5 Å². The second-order valence-electron chi connectivity index (χ2n) is 5.33. The van der Waals surface area contributed by atoms with Crippen molar-refractivity contribution in [3.8, 4) is 11.6 Å². The topological polar surface area (TPSA) is 74.2 Å². The van der Waals surface area contributed by atoms with Crippen molar-refractivity contribution >= 4 is 6.29 Å². The number of pyridine rings is 1. The van der Waals surface area contributed by atoms with E-state index in [4.69, 9.17) is 9.47 Å². The van der Waals surface area contributed by atoms with Crippen molar-refractivity contribution in [2.75, 3.05) is 13.7 Å². The van der Waals surface area contributed by atoms with Gasteiger partial charge in [-0.2, -0.15) is 4.98 Å². The average molecular weight is 299 g/mol. The highest BCUT2D eigenvalue weighted by Gasteiger charge is 2.40. The quantitative estimate of drug-likeness (QED) is 0.761. The highest BCUT2D eigenvalue weighted by Crippen LogP contribution is 2.46. The summed E-state index contributed by atoms with van der Waals surface area (Å²) in [5, 5.41) is 0. The summed E-state index contributed by atoms with van der Waals surface area (Å²) in [5.41, 5.74) is 1.43. The Morgan fingerprint density at radius 2 is 2.18 bits per heavy atom. The molecule has 0 bridgehead atoms. The second kappa shape index (κ2) is 6.09. The summed E-state index contributed by atoms with van der Waals surface area (Å²) in [4.78, 5) is 23.5. The smallest absolute Gasteiger partial charge is 0.227 e. The molecular formula is C16H17N3O3. The number of methoxy groups -OCH3 is 1. The number of carbonyl (C=O) groups is 1. The van der Waals surface area contributed by atoms with Gasteiger partial charge in [0.1, 0.15) is 11.6 Å². The van der Waals surface area contributed by atoms with Crippen LogP contribution in [-0.4, -0.2) is 35.0 Å². The van der Waals surface area contributed by atoms with E-state index in [2.05, 4.69) is 15.0 Å². The first-order valence-electron chi connectivity index (χ1n) is 7.13. The van der Waals surface area contributed by atoms with E-state index in [1.165, 1.54) is 6.20 Å². The molecule has 0 unspecified atom stereocenters. The zero-order valence-electron chi connectivity index (χ0n) is 12.5. The van der Waals surface area contributed by atoms with Gasteiger partial charge in [-0.1, -0.05) is 0 Å². The van der Waals surface area contributed by atoms with Crippen LogP contribution in [0.2, 0.25) is 0 Å². The Bertz CT molecular complexity index is 673.